The molecule has 0 aromatic rings. The molecule has 7 heteroatoms. The molecule has 0 radical (unpaired) electrons. The minimum absolute atomic E-state index is 0. The van der Waals surface area contributed by atoms with Crippen molar-refractivity contribution in [2.24, 2.45) is 10.9 Å². The topological polar surface area (TPSA) is 74.8 Å². The summed E-state index contributed by atoms with van der Waals surface area (Å²) in [5.41, 5.74) is 0. The number of guanidine groups is 1. The van der Waals surface area contributed by atoms with Gasteiger partial charge in [-0.1, -0.05) is 32.1 Å². The van der Waals surface area contributed by atoms with Gasteiger partial charge in [-0.05, 0) is 44.9 Å². The minimum Gasteiger partial charge on any atom is -0.376 e. The number of ether oxygens (including phenoxy) is 1. The van der Waals surface area contributed by atoms with Gasteiger partial charge in [0.25, 0.3) is 0 Å². The van der Waals surface area contributed by atoms with Crippen molar-refractivity contribution in [1.82, 2.24) is 16.0 Å². The Kier molecular flexibility index (Phi) is 10.9. The fraction of sp³-hybridized carbons (Fsp3) is 0.905. The van der Waals surface area contributed by atoms with Crippen LogP contribution in [-0.4, -0.2) is 50.3 Å². The second-order valence-corrected chi connectivity index (χ2v) is 8.47. The first-order valence-corrected chi connectivity index (χ1v) is 11.1. The Morgan fingerprint density at radius 1 is 0.929 bits per heavy atom. The zero-order valence-electron chi connectivity index (χ0n) is 17.4. The molecular weight excluding hydrogens is 467 g/mol. The van der Waals surface area contributed by atoms with Crippen molar-refractivity contribution >= 4 is 35.8 Å². The van der Waals surface area contributed by atoms with E-state index in [9.17, 15) is 4.79 Å². The van der Waals surface area contributed by atoms with Gasteiger partial charge < -0.3 is 20.7 Å². The van der Waals surface area contributed by atoms with E-state index >= 15 is 0 Å². The molecule has 3 aliphatic carbocycles. The van der Waals surface area contributed by atoms with Gasteiger partial charge in [-0.15, -0.1) is 24.0 Å². The van der Waals surface area contributed by atoms with Gasteiger partial charge >= 0.3 is 0 Å². The molecule has 0 aliphatic heterocycles. The second-order valence-electron chi connectivity index (χ2n) is 8.47. The third-order valence-electron chi connectivity index (χ3n) is 6.08. The van der Waals surface area contributed by atoms with Crippen molar-refractivity contribution in [2.45, 2.75) is 95.2 Å². The first kappa shape index (κ1) is 23.7. The number of amides is 1. The van der Waals surface area contributed by atoms with Crippen LogP contribution >= 0.6 is 24.0 Å². The van der Waals surface area contributed by atoms with Crippen molar-refractivity contribution in [3.05, 3.63) is 0 Å². The molecule has 0 bridgehead atoms. The van der Waals surface area contributed by atoms with E-state index in [-0.39, 0.29) is 35.8 Å². The van der Waals surface area contributed by atoms with Crippen LogP contribution in [0.1, 0.15) is 77.0 Å². The SMILES string of the molecule is CN=C(NCCOC1CCCCCC1)NC1CCCC(C(=O)NC2CC2)C1.I. The van der Waals surface area contributed by atoms with Gasteiger partial charge in [0.15, 0.2) is 5.96 Å². The summed E-state index contributed by atoms with van der Waals surface area (Å²) >= 11 is 0. The van der Waals surface area contributed by atoms with E-state index in [1.54, 1.807) is 0 Å². The molecule has 3 saturated carbocycles. The maximum absolute atomic E-state index is 12.3. The molecule has 0 heterocycles. The van der Waals surface area contributed by atoms with E-state index in [0.717, 1.165) is 57.6 Å². The monoisotopic (exact) mass is 506 g/mol. The van der Waals surface area contributed by atoms with Crippen LogP contribution in [0.3, 0.4) is 0 Å². The van der Waals surface area contributed by atoms with Gasteiger partial charge in [-0.3, -0.25) is 9.79 Å². The lowest BCUT2D eigenvalue weighted by atomic mass is 9.85. The van der Waals surface area contributed by atoms with Crippen molar-refractivity contribution in [3.8, 4) is 0 Å². The highest BCUT2D eigenvalue weighted by Gasteiger charge is 2.31. The van der Waals surface area contributed by atoms with E-state index in [1.807, 2.05) is 7.05 Å². The number of aliphatic imine (C=N–C) groups is 1. The van der Waals surface area contributed by atoms with Crippen molar-refractivity contribution in [3.63, 3.8) is 0 Å². The molecule has 0 aromatic heterocycles. The van der Waals surface area contributed by atoms with Crippen LogP contribution in [-0.2, 0) is 9.53 Å². The summed E-state index contributed by atoms with van der Waals surface area (Å²) < 4.78 is 6.04. The number of carbonyl (C=O) groups excluding carboxylic acids is 1. The Balaban J connectivity index is 0.00000280. The van der Waals surface area contributed by atoms with E-state index < -0.39 is 0 Å². The van der Waals surface area contributed by atoms with Crippen LogP contribution in [0.25, 0.3) is 0 Å². The van der Waals surface area contributed by atoms with E-state index in [1.165, 1.54) is 38.5 Å². The lowest BCUT2D eigenvalue weighted by molar-refractivity contribution is -0.126. The van der Waals surface area contributed by atoms with Crippen LogP contribution in [0, 0.1) is 5.92 Å². The smallest absolute Gasteiger partial charge is 0.223 e. The Labute approximate surface area is 187 Å². The first-order valence-electron chi connectivity index (χ1n) is 11.1. The quantitative estimate of drug-likeness (QED) is 0.163. The molecule has 0 saturated heterocycles. The van der Waals surface area contributed by atoms with Crippen LogP contribution in [0.4, 0.5) is 0 Å². The number of rotatable bonds is 7. The molecule has 2 atom stereocenters. The van der Waals surface area contributed by atoms with E-state index in [2.05, 4.69) is 20.9 Å². The minimum atomic E-state index is 0. The van der Waals surface area contributed by atoms with E-state index in [4.69, 9.17) is 4.74 Å². The van der Waals surface area contributed by atoms with Crippen molar-refractivity contribution in [1.29, 1.82) is 0 Å². The van der Waals surface area contributed by atoms with Crippen LogP contribution in [0.5, 0.6) is 0 Å². The maximum atomic E-state index is 12.3. The molecule has 3 rings (SSSR count). The number of nitrogens with zero attached hydrogens (tertiary/aromatic N) is 1. The second kappa shape index (κ2) is 12.9. The standard InChI is InChI=1S/C21H38N4O2.HI/c1-22-21(23-13-14-27-19-9-4-2-3-5-10-19)25-18-8-6-7-16(15-18)20(26)24-17-11-12-17;/h16-19H,2-15H2,1H3,(H,24,26)(H2,22,23,25);1H. The number of hydrogen-bond donors (Lipinski definition) is 3. The van der Waals surface area contributed by atoms with Crippen molar-refractivity contribution in [2.75, 3.05) is 20.2 Å². The van der Waals surface area contributed by atoms with E-state index in [0.29, 0.717) is 18.2 Å². The third kappa shape index (κ3) is 8.43. The summed E-state index contributed by atoms with van der Waals surface area (Å²) in [6, 6.07) is 0.774. The van der Waals surface area contributed by atoms with Gasteiger partial charge in [0, 0.05) is 31.6 Å². The molecule has 0 spiro atoms. The highest BCUT2D eigenvalue weighted by molar-refractivity contribution is 14.0. The molecule has 0 aromatic carbocycles. The van der Waals surface area contributed by atoms with Gasteiger partial charge in [0.2, 0.25) is 5.91 Å². The zero-order valence-corrected chi connectivity index (χ0v) is 19.7. The molecular formula is C21H39IN4O2. The summed E-state index contributed by atoms with van der Waals surface area (Å²) in [5, 5.41) is 10.0. The summed E-state index contributed by atoms with van der Waals surface area (Å²) in [7, 11) is 1.81. The molecule has 6 nitrogen and oxygen atoms in total. The van der Waals surface area contributed by atoms with Crippen LogP contribution in [0.2, 0.25) is 0 Å². The highest BCUT2D eigenvalue weighted by Crippen LogP contribution is 2.26. The molecule has 162 valence electrons. The lowest BCUT2D eigenvalue weighted by Crippen LogP contribution is -2.47. The highest BCUT2D eigenvalue weighted by atomic mass is 127. The first-order chi connectivity index (χ1) is 13.2. The molecule has 3 aliphatic rings. The average molecular weight is 506 g/mol. The van der Waals surface area contributed by atoms with Gasteiger partial charge in [-0.2, -0.15) is 0 Å². The van der Waals surface area contributed by atoms with Crippen LogP contribution < -0.4 is 16.0 Å². The van der Waals surface area contributed by atoms with Gasteiger partial charge in [-0.25, -0.2) is 0 Å². The van der Waals surface area contributed by atoms with Gasteiger partial charge in [0.05, 0.1) is 12.7 Å². The fourth-order valence-electron chi connectivity index (χ4n) is 4.30. The zero-order chi connectivity index (χ0) is 18.9. The number of nitrogens with one attached hydrogen (secondary N) is 3. The summed E-state index contributed by atoms with van der Waals surface area (Å²) in [6.07, 6.45) is 14.6. The summed E-state index contributed by atoms with van der Waals surface area (Å²) in [4.78, 5) is 16.7. The predicted molar refractivity (Wildman–Crippen MR) is 124 cm³/mol. The Bertz CT molecular complexity index is 491. The van der Waals surface area contributed by atoms with Gasteiger partial charge in [0.1, 0.15) is 0 Å². The molecule has 3 N–H and O–H groups in total. The summed E-state index contributed by atoms with van der Waals surface area (Å²) in [5.74, 6) is 1.23. The predicted octanol–water partition coefficient (Wildman–Crippen LogP) is 3.35. The lowest BCUT2D eigenvalue weighted by Gasteiger charge is -2.30. The number of carbonyl (C=O) groups is 1. The number of hydrogen-bond acceptors (Lipinski definition) is 3. The third-order valence-corrected chi connectivity index (χ3v) is 6.08. The molecule has 1 amide bonds. The number of halogens is 1. The van der Waals surface area contributed by atoms with Crippen molar-refractivity contribution < 1.29 is 9.53 Å². The normalized spacial score (nSPS) is 26.7. The Hall–Kier alpha value is -0.570. The summed E-state index contributed by atoms with van der Waals surface area (Å²) in [6.45, 7) is 1.50. The average Bonchev–Trinajstić information content (AvgIpc) is 3.52. The molecule has 3 fully saturated rings. The van der Waals surface area contributed by atoms with Crippen LogP contribution in [0.15, 0.2) is 4.99 Å². The largest absolute Gasteiger partial charge is 0.376 e. The Morgan fingerprint density at radius 2 is 1.68 bits per heavy atom. The molecule has 28 heavy (non-hydrogen) atoms. The Morgan fingerprint density at radius 3 is 2.36 bits per heavy atom. The molecule has 2 unspecified atom stereocenters. The maximum Gasteiger partial charge on any atom is 0.223 e. The fourth-order valence-corrected chi connectivity index (χ4v) is 4.30.